The van der Waals surface area contributed by atoms with Gasteiger partial charge in [-0.3, -0.25) is 14.3 Å². The Morgan fingerprint density at radius 1 is 1.26 bits per heavy atom. The van der Waals surface area contributed by atoms with Crippen molar-refractivity contribution >= 4 is 35.8 Å². The van der Waals surface area contributed by atoms with Crippen molar-refractivity contribution in [3.05, 3.63) is 29.0 Å². The first-order valence-corrected chi connectivity index (χ1v) is 9.61. The zero-order valence-corrected chi connectivity index (χ0v) is 17.8. The van der Waals surface area contributed by atoms with Crippen molar-refractivity contribution in [3.63, 3.8) is 0 Å². The Morgan fingerprint density at radius 2 is 2.00 bits per heavy atom. The van der Waals surface area contributed by atoms with Gasteiger partial charge in [-0.25, -0.2) is 4.39 Å². The molecule has 0 radical (unpaired) electrons. The van der Waals surface area contributed by atoms with Gasteiger partial charge in [-0.2, -0.15) is 0 Å². The van der Waals surface area contributed by atoms with E-state index in [1.54, 1.807) is 0 Å². The summed E-state index contributed by atoms with van der Waals surface area (Å²) in [6.07, 6.45) is -3.67. The lowest BCUT2D eigenvalue weighted by molar-refractivity contribution is -0.324. The molecule has 1 heterocycles. The Balaban J connectivity index is 0.00000480. The number of halogens is 6. The highest BCUT2D eigenvalue weighted by atomic mass is 35.5. The molecule has 31 heavy (non-hydrogen) atoms. The molecule has 2 atom stereocenters. The van der Waals surface area contributed by atoms with Gasteiger partial charge >= 0.3 is 6.36 Å². The number of hydrogen-bond acceptors (Lipinski definition) is 5. The number of piperidine rings is 1. The quantitative estimate of drug-likeness (QED) is 0.365. The topological polar surface area (TPSA) is 88.7 Å². The summed E-state index contributed by atoms with van der Waals surface area (Å²) in [5.74, 6) is -1.20. The summed E-state index contributed by atoms with van der Waals surface area (Å²) in [5.41, 5.74) is 0. The molecule has 3 N–H and O–H groups in total. The Hall–Kier alpha value is -1.82. The molecule has 1 fully saturated rings. The summed E-state index contributed by atoms with van der Waals surface area (Å²) in [5, 5.41) is 8.23. The standard InChI is InChI=1S/C18H22ClF4N3O4.ClH/c19-13-4-3-12(8-14(13)20)29-10-16(27)26-11-2-5-15(25-9-11)17(28)24-6-1-7-30-18(21,22)23;/h3-4,8,11,15,25H,1-2,5-7,9-10H2,(H,24,28)(H,26,27);1H. The predicted molar refractivity (Wildman–Crippen MR) is 107 cm³/mol. The highest BCUT2D eigenvalue weighted by Gasteiger charge is 2.29. The Labute approximate surface area is 187 Å². The van der Waals surface area contributed by atoms with Crippen LogP contribution in [0, 0.1) is 5.82 Å². The van der Waals surface area contributed by atoms with E-state index in [0.717, 1.165) is 6.07 Å². The normalized spacial score (nSPS) is 18.6. The lowest BCUT2D eigenvalue weighted by Crippen LogP contribution is -2.55. The first-order valence-electron chi connectivity index (χ1n) is 9.23. The number of benzene rings is 1. The monoisotopic (exact) mass is 491 g/mol. The molecular weight excluding hydrogens is 469 g/mol. The first-order chi connectivity index (χ1) is 14.1. The Bertz CT molecular complexity index is 732. The third kappa shape index (κ3) is 10.4. The third-order valence-electron chi connectivity index (χ3n) is 4.24. The molecule has 1 aromatic carbocycles. The molecule has 1 aliphatic heterocycles. The van der Waals surface area contributed by atoms with Crippen LogP contribution in [0.2, 0.25) is 5.02 Å². The van der Waals surface area contributed by atoms with Crippen molar-refractivity contribution in [2.24, 2.45) is 0 Å². The van der Waals surface area contributed by atoms with E-state index in [4.69, 9.17) is 16.3 Å². The molecule has 0 aliphatic carbocycles. The minimum absolute atomic E-state index is 0. The van der Waals surface area contributed by atoms with Gasteiger partial charge in [0.05, 0.1) is 17.7 Å². The molecule has 7 nitrogen and oxygen atoms in total. The second-order valence-corrected chi connectivity index (χ2v) is 7.01. The van der Waals surface area contributed by atoms with Crippen LogP contribution in [0.4, 0.5) is 17.6 Å². The van der Waals surface area contributed by atoms with Crippen LogP contribution >= 0.6 is 24.0 Å². The van der Waals surface area contributed by atoms with Gasteiger partial charge in [0.25, 0.3) is 5.91 Å². The van der Waals surface area contributed by atoms with Crippen LogP contribution in [-0.4, -0.2) is 56.6 Å². The van der Waals surface area contributed by atoms with Crippen molar-refractivity contribution in [3.8, 4) is 5.75 Å². The van der Waals surface area contributed by atoms with Gasteiger partial charge in [-0.05, 0) is 31.4 Å². The van der Waals surface area contributed by atoms with Gasteiger partial charge in [-0.1, -0.05) is 11.6 Å². The number of nitrogens with one attached hydrogen (secondary N) is 3. The summed E-state index contributed by atoms with van der Waals surface area (Å²) in [6.45, 7) is -0.422. The van der Waals surface area contributed by atoms with Gasteiger partial charge in [-0.15, -0.1) is 25.6 Å². The van der Waals surface area contributed by atoms with Crippen molar-refractivity contribution in [1.82, 2.24) is 16.0 Å². The molecule has 13 heteroatoms. The summed E-state index contributed by atoms with van der Waals surface area (Å²) < 4.78 is 57.7. The fraction of sp³-hybridized carbons (Fsp3) is 0.556. The number of amides is 2. The maximum Gasteiger partial charge on any atom is 0.522 e. The SMILES string of the molecule is Cl.O=C(COc1ccc(Cl)c(F)c1)NC1CCC(C(=O)NCCCOC(F)(F)F)NC1. The predicted octanol–water partition coefficient (Wildman–Crippen LogP) is 2.56. The lowest BCUT2D eigenvalue weighted by atomic mass is 10.00. The summed E-state index contributed by atoms with van der Waals surface area (Å²) in [4.78, 5) is 24.0. The smallest absolute Gasteiger partial charge is 0.484 e. The minimum atomic E-state index is -4.68. The number of carbonyl (C=O) groups excluding carboxylic acids is 2. The molecule has 2 amide bonds. The summed E-state index contributed by atoms with van der Waals surface area (Å²) in [7, 11) is 0. The molecule has 0 spiro atoms. The summed E-state index contributed by atoms with van der Waals surface area (Å²) in [6, 6.07) is 3.14. The maximum absolute atomic E-state index is 13.3. The van der Waals surface area contributed by atoms with Gasteiger partial charge in [0.2, 0.25) is 5.91 Å². The van der Waals surface area contributed by atoms with Crippen molar-refractivity contribution in [2.45, 2.75) is 37.7 Å². The zero-order valence-electron chi connectivity index (χ0n) is 16.3. The van der Waals surface area contributed by atoms with Gasteiger partial charge in [0, 0.05) is 25.2 Å². The number of hydrogen-bond donors (Lipinski definition) is 3. The molecular formula is C18H23Cl2F4N3O4. The zero-order chi connectivity index (χ0) is 22.1. The molecule has 2 unspecified atom stereocenters. The second kappa shape index (κ2) is 12.9. The van der Waals surface area contributed by atoms with Crippen LogP contribution in [0.3, 0.4) is 0 Å². The van der Waals surface area contributed by atoms with Crippen LogP contribution in [0.1, 0.15) is 19.3 Å². The van der Waals surface area contributed by atoms with E-state index in [-0.39, 0.29) is 54.7 Å². The van der Waals surface area contributed by atoms with Gasteiger partial charge in [0.1, 0.15) is 11.6 Å². The molecule has 0 saturated carbocycles. The molecule has 1 saturated heterocycles. The van der Waals surface area contributed by atoms with E-state index in [1.165, 1.54) is 12.1 Å². The molecule has 1 aliphatic rings. The van der Waals surface area contributed by atoms with Crippen LogP contribution in [0.5, 0.6) is 5.75 Å². The minimum Gasteiger partial charge on any atom is -0.484 e. The summed E-state index contributed by atoms with van der Waals surface area (Å²) >= 11 is 5.57. The fourth-order valence-corrected chi connectivity index (χ4v) is 2.90. The number of ether oxygens (including phenoxy) is 2. The number of alkyl halides is 3. The van der Waals surface area contributed by atoms with Crippen molar-refractivity contribution in [1.29, 1.82) is 0 Å². The van der Waals surface area contributed by atoms with Gasteiger partial charge < -0.3 is 20.7 Å². The highest BCUT2D eigenvalue weighted by molar-refractivity contribution is 6.30. The van der Waals surface area contributed by atoms with Crippen molar-refractivity contribution in [2.75, 3.05) is 26.3 Å². The van der Waals surface area contributed by atoms with E-state index in [2.05, 4.69) is 20.7 Å². The Kier molecular flexibility index (Phi) is 11.3. The molecule has 0 bridgehead atoms. The second-order valence-electron chi connectivity index (χ2n) is 6.61. The lowest BCUT2D eigenvalue weighted by Gasteiger charge is -2.29. The molecule has 1 aromatic rings. The van der Waals surface area contributed by atoms with Crippen LogP contribution in [0.15, 0.2) is 18.2 Å². The third-order valence-corrected chi connectivity index (χ3v) is 4.55. The highest BCUT2D eigenvalue weighted by Crippen LogP contribution is 2.20. The molecule has 0 aromatic heterocycles. The van der Waals surface area contributed by atoms with E-state index >= 15 is 0 Å². The number of rotatable bonds is 9. The van der Waals surface area contributed by atoms with Crippen LogP contribution < -0.4 is 20.7 Å². The fourth-order valence-electron chi connectivity index (χ4n) is 2.78. The molecule has 176 valence electrons. The van der Waals surface area contributed by atoms with Crippen LogP contribution in [0.25, 0.3) is 0 Å². The Morgan fingerprint density at radius 3 is 2.61 bits per heavy atom. The van der Waals surface area contributed by atoms with E-state index in [0.29, 0.717) is 19.4 Å². The number of carbonyl (C=O) groups is 2. The van der Waals surface area contributed by atoms with Crippen molar-refractivity contribution < 1.29 is 36.6 Å². The van der Waals surface area contributed by atoms with Crippen LogP contribution in [-0.2, 0) is 14.3 Å². The average Bonchev–Trinajstić information content (AvgIpc) is 2.68. The van der Waals surface area contributed by atoms with Gasteiger partial charge in [0.15, 0.2) is 6.61 Å². The average molecular weight is 492 g/mol. The van der Waals surface area contributed by atoms with E-state index in [1.807, 2.05) is 0 Å². The van der Waals surface area contributed by atoms with E-state index < -0.39 is 30.7 Å². The largest absolute Gasteiger partial charge is 0.522 e. The van der Waals surface area contributed by atoms with E-state index in [9.17, 15) is 27.2 Å². The molecule has 2 rings (SSSR count). The first kappa shape index (κ1) is 27.2. The maximum atomic E-state index is 13.3.